The molecule has 0 fully saturated rings. The molecule has 0 saturated heterocycles. The number of benzene rings is 6. The number of aryl methyl sites for hydroxylation is 4. The molecule has 0 saturated carbocycles. The molecule has 6 aromatic carbocycles. The fourth-order valence-corrected chi connectivity index (χ4v) is 8.70. The molecule has 67 heavy (non-hydrogen) atoms. The third-order valence-corrected chi connectivity index (χ3v) is 11.7. The van der Waals surface area contributed by atoms with Crippen molar-refractivity contribution in [2.45, 2.75) is 53.4 Å². The van der Waals surface area contributed by atoms with Crippen molar-refractivity contribution < 1.29 is 18.9 Å². The Bertz CT molecular complexity index is 3120. The van der Waals surface area contributed by atoms with Crippen LogP contribution in [-0.4, -0.2) is 29.5 Å². The number of rotatable bonds is 15. The van der Waals surface area contributed by atoms with Crippen molar-refractivity contribution in [3.05, 3.63) is 193 Å². The molecule has 10 rings (SSSR count). The van der Waals surface area contributed by atoms with Crippen LogP contribution in [0.5, 0.6) is 46.3 Å². The highest BCUT2D eigenvalue weighted by atomic mass is 16.5. The van der Waals surface area contributed by atoms with Gasteiger partial charge in [0.25, 0.3) is 0 Å². The largest absolute Gasteiger partial charge is 0.456 e. The van der Waals surface area contributed by atoms with E-state index in [4.69, 9.17) is 18.9 Å². The Morgan fingerprint density at radius 1 is 0.448 bits per heavy atom. The highest BCUT2D eigenvalue weighted by molar-refractivity contribution is 6.09. The summed E-state index contributed by atoms with van der Waals surface area (Å²) >= 11 is 0. The Hall–Kier alpha value is -8.37. The molecule has 0 atom stereocenters. The van der Waals surface area contributed by atoms with E-state index in [1.54, 1.807) is 12.4 Å². The van der Waals surface area contributed by atoms with Crippen LogP contribution in [0, 0.1) is 13.8 Å². The highest BCUT2D eigenvalue weighted by Gasteiger charge is 2.21. The SMILES string of the molecule is CCCc1ccc(-c2c(C)cc(Oc3ccccn3)cc2Oc2ccc3c4ccc(Oc5cc(Oc6ccccn6)cc(C)c5-c5ccc(CCC)cc5)cc4n(-c4ncncn4)c3c2)cc1. The Kier molecular flexibility index (Phi) is 12.1. The van der Waals surface area contributed by atoms with Crippen LogP contribution < -0.4 is 18.9 Å². The van der Waals surface area contributed by atoms with E-state index >= 15 is 0 Å². The maximum absolute atomic E-state index is 6.93. The maximum Gasteiger partial charge on any atom is 0.237 e. The van der Waals surface area contributed by atoms with Gasteiger partial charge in [0.05, 0.1) is 11.0 Å². The molecule has 0 amide bonds. The van der Waals surface area contributed by atoms with Crippen LogP contribution in [0.25, 0.3) is 50.0 Å². The highest BCUT2D eigenvalue weighted by Crippen LogP contribution is 2.44. The van der Waals surface area contributed by atoms with E-state index in [-0.39, 0.29) is 0 Å². The van der Waals surface area contributed by atoms with Crippen LogP contribution in [0.2, 0.25) is 0 Å². The van der Waals surface area contributed by atoms with E-state index in [9.17, 15) is 0 Å². The monoisotopic (exact) mass is 880 g/mol. The van der Waals surface area contributed by atoms with Gasteiger partial charge in [0.15, 0.2) is 0 Å². The summed E-state index contributed by atoms with van der Waals surface area (Å²) in [6.45, 7) is 8.54. The zero-order valence-electron chi connectivity index (χ0n) is 37.8. The molecular formula is C57H48N6O4. The van der Waals surface area contributed by atoms with Crippen LogP contribution in [0.3, 0.4) is 0 Å². The van der Waals surface area contributed by atoms with Gasteiger partial charge in [0.2, 0.25) is 17.7 Å². The van der Waals surface area contributed by atoms with E-state index in [2.05, 4.69) is 113 Å². The predicted molar refractivity (Wildman–Crippen MR) is 264 cm³/mol. The van der Waals surface area contributed by atoms with Gasteiger partial charge in [-0.3, -0.25) is 4.57 Å². The summed E-state index contributed by atoms with van der Waals surface area (Å²) in [6, 6.07) is 48.7. The summed E-state index contributed by atoms with van der Waals surface area (Å²) < 4.78 is 28.4. The van der Waals surface area contributed by atoms with Gasteiger partial charge in [-0.15, -0.1) is 0 Å². The number of hydrogen-bond acceptors (Lipinski definition) is 9. The smallest absolute Gasteiger partial charge is 0.237 e. The minimum absolute atomic E-state index is 0.452. The van der Waals surface area contributed by atoms with Gasteiger partial charge in [-0.1, -0.05) is 87.4 Å². The quantitative estimate of drug-likeness (QED) is 0.0995. The molecule has 0 unspecified atom stereocenters. The number of pyridine rings is 2. The molecule has 0 aliphatic heterocycles. The molecular weight excluding hydrogens is 833 g/mol. The standard InChI is InChI=1S/C57H48N6O4/c1-5-11-39-15-19-41(20-16-39)55-37(3)29-45(66-53-13-7-9-27-59-53)33-51(55)64-43-23-25-47-48-26-24-44(32-50(48)63(49(47)31-43)57-61-35-58-36-62-57)65-52-34-46(67-54-14-8-10-28-60-54)30-38(4)56(52)42-21-17-40(12-6-2)18-22-42/h7-10,13-36H,5-6,11-12H2,1-4H3. The molecule has 4 aromatic heterocycles. The Morgan fingerprint density at radius 3 is 1.33 bits per heavy atom. The van der Waals surface area contributed by atoms with Gasteiger partial charge in [-0.05, 0) is 109 Å². The third-order valence-electron chi connectivity index (χ3n) is 11.7. The minimum Gasteiger partial charge on any atom is -0.456 e. The third kappa shape index (κ3) is 9.15. The number of hydrogen-bond donors (Lipinski definition) is 0. The number of ether oxygens (including phenoxy) is 4. The molecule has 0 spiro atoms. The van der Waals surface area contributed by atoms with Crippen molar-refractivity contribution in [2.24, 2.45) is 0 Å². The zero-order valence-corrected chi connectivity index (χ0v) is 37.8. The van der Waals surface area contributed by atoms with Gasteiger partial charge in [-0.2, -0.15) is 0 Å². The Labute approximate surface area is 389 Å². The molecule has 0 aliphatic carbocycles. The van der Waals surface area contributed by atoms with Gasteiger partial charge in [0.1, 0.15) is 47.2 Å². The van der Waals surface area contributed by atoms with Crippen LogP contribution in [0.4, 0.5) is 0 Å². The van der Waals surface area contributed by atoms with Gasteiger partial charge >= 0.3 is 0 Å². The second-order valence-electron chi connectivity index (χ2n) is 16.5. The van der Waals surface area contributed by atoms with Gasteiger partial charge in [0, 0.05) is 70.7 Å². The Balaban J connectivity index is 1.07. The second-order valence-corrected chi connectivity index (χ2v) is 16.5. The molecule has 0 bridgehead atoms. The fraction of sp³-hybridized carbons (Fsp3) is 0.140. The topological polar surface area (TPSA) is 106 Å². The van der Waals surface area contributed by atoms with Crippen LogP contribution in [0.1, 0.15) is 48.9 Å². The molecule has 10 nitrogen and oxygen atoms in total. The second kappa shape index (κ2) is 19.0. The van der Waals surface area contributed by atoms with E-state index in [1.165, 1.54) is 23.8 Å². The average Bonchev–Trinajstić information content (AvgIpc) is 3.66. The maximum atomic E-state index is 6.93. The molecule has 10 heteroatoms. The lowest BCUT2D eigenvalue weighted by atomic mass is 9.97. The van der Waals surface area contributed by atoms with Crippen molar-refractivity contribution in [2.75, 3.05) is 0 Å². The lowest BCUT2D eigenvalue weighted by Gasteiger charge is -2.17. The molecule has 0 N–H and O–H groups in total. The van der Waals surface area contributed by atoms with Crippen molar-refractivity contribution in [3.63, 3.8) is 0 Å². The van der Waals surface area contributed by atoms with E-state index in [0.29, 0.717) is 52.2 Å². The van der Waals surface area contributed by atoms with Crippen molar-refractivity contribution in [1.82, 2.24) is 29.5 Å². The minimum atomic E-state index is 0.452. The predicted octanol–water partition coefficient (Wildman–Crippen LogP) is 14.8. The zero-order chi connectivity index (χ0) is 45.7. The first-order valence-electron chi connectivity index (χ1n) is 22.6. The number of nitrogens with zero attached hydrogens (tertiary/aromatic N) is 6. The van der Waals surface area contributed by atoms with E-state index in [0.717, 1.165) is 80.9 Å². The Morgan fingerprint density at radius 2 is 0.910 bits per heavy atom. The van der Waals surface area contributed by atoms with Gasteiger partial charge < -0.3 is 18.9 Å². The summed E-state index contributed by atoms with van der Waals surface area (Å²) in [5.41, 5.74) is 10.3. The number of aromatic nitrogens is 6. The van der Waals surface area contributed by atoms with Crippen molar-refractivity contribution >= 4 is 21.8 Å². The van der Waals surface area contributed by atoms with Crippen LogP contribution >= 0.6 is 0 Å². The number of fused-ring (bicyclic) bond motifs is 3. The fourth-order valence-electron chi connectivity index (χ4n) is 8.70. The first-order chi connectivity index (χ1) is 32.9. The normalized spacial score (nSPS) is 11.2. The molecule has 0 radical (unpaired) electrons. The van der Waals surface area contributed by atoms with Gasteiger partial charge in [-0.25, -0.2) is 24.9 Å². The van der Waals surface area contributed by atoms with Crippen LogP contribution in [0.15, 0.2) is 171 Å². The summed E-state index contributed by atoms with van der Waals surface area (Å²) in [5, 5.41) is 1.97. The molecule has 330 valence electrons. The molecule has 4 heterocycles. The first-order valence-corrected chi connectivity index (χ1v) is 22.6. The lowest BCUT2D eigenvalue weighted by Crippen LogP contribution is -2.01. The summed E-state index contributed by atoms with van der Waals surface area (Å²) in [7, 11) is 0. The molecule has 10 aromatic rings. The summed E-state index contributed by atoms with van der Waals surface area (Å²) in [6.07, 6.45) is 10.6. The van der Waals surface area contributed by atoms with Crippen molar-refractivity contribution in [1.29, 1.82) is 0 Å². The van der Waals surface area contributed by atoms with Crippen molar-refractivity contribution in [3.8, 4) is 74.5 Å². The van der Waals surface area contributed by atoms with E-state index < -0.39 is 0 Å². The van der Waals surface area contributed by atoms with Crippen LogP contribution in [-0.2, 0) is 12.8 Å². The summed E-state index contributed by atoms with van der Waals surface area (Å²) in [5.74, 6) is 5.21. The molecule has 0 aliphatic rings. The first kappa shape index (κ1) is 42.6. The van der Waals surface area contributed by atoms with E-state index in [1.807, 2.05) is 89.5 Å². The average molecular weight is 881 g/mol. The summed E-state index contributed by atoms with van der Waals surface area (Å²) in [4.78, 5) is 22.2. The lowest BCUT2D eigenvalue weighted by molar-refractivity contribution is 0.449.